The molecule has 166 valence electrons. The van der Waals surface area contributed by atoms with Crippen molar-refractivity contribution in [1.29, 1.82) is 0 Å². The number of carboxylic acids is 1. The molecule has 2 atom stereocenters. The van der Waals surface area contributed by atoms with E-state index in [1.165, 1.54) is 0 Å². The Balaban J connectivity index is 2.01. The second kappa shape index (κ2) is 9.33. The van der Waals surface area contributed by atoms with E-state index in [2.05, 4.69) is 5.32 Å². The summed E-state index contributed by atoms with van der Waals surface area (Å²) in [5, 5.41) is 12.2. The molecule has 1 amide bonds. The van der Waals surface area contributed by atoms with Crippen molar-refractivity contribution in [3.8, 4) is 0 Å². The van der Waals surface area contributed by atoms with Crippen LogP contribution in [0.4, 0.5) is 0 Å². The van der Waals surface area contributed by atoms with Crippen molar-refractivity contribution >= 4 is 11.9 Å². The Hall–Kier alpha value is -2.15. The first-order valence-electron chi connectivity index (χ1n) is 11.1. The molecule has 2 unspecified atom stereocenters. The molecule has 0 spiro atoms. The van der Waals surface area contributed by atoms with E-state index in [0.29, 0.717) is 13.2 Å². The van der Waals surface area contributed by atoms with Gasteiger partial charge in [0.1, 0.15) is 11.6 Å². The predicted octanol–water partition coefficient (Wildman–Crippen LogP) is 2.92. The lowest BCUT2D eigenvalue weighted by molar-refractivity contribution is -0.142. The predicted molar refractivity (Wildman–Crippen MR) is 114 cm³/mol. The Morgan fingerprint density at radius 3 is 2.50 bits per heavy atom. The van der Waals surface area contributed by atoms with Crippen molar-refractivity contribution < 1.29 is 19.4 Å². The van der Waals surface area contributed by atoms with Crippen LogP contribution in [0, 0.1) is 5.41 Å². The maximum absolute atomic E-state index is 13.4. The van der Waals surface area contributed by atoms with E-state index >= 15 is 0 Å². The highest BCUT2D eigenvalue weighted by Gasteiger charge is 2.34. The number of hydrogen-bond donors (Lipinski definition) is 2. The van der Waals surface area contributed by atoms with E-state index < -0.39 is 23.3 Å². The Bertz CT molecular complexity index is 846. The summed E-state index contributed by atoms with van der Waals surface area (Å²) >= 11 is 0. The number of carboxylic acid groups (broad SMARTS) is 1. The molecule has 1 aliphatic heterocycles. The monoisotopic (exact) mass is 418 g/mol. The number of fused-ring (bicyclic) bond motifs is 1. The average molecular weight is 419 g/mol. The van der Waals surface area contributed by atoms with Gasteiger partial charge in [0.2, 0.25) is 0 Å². The van der Waals surface area contributed by atoms with Gasteiger partial charge in [0.25, 0.3) is 11.5 Å². The van der Waals surface area contributed by atoms with Crippen LogP contribution in [0.3, 0.4) is 0 Å². The number of aliphatic carboxylic acids is 1. The minimum Gasteiger partial charge on any atom is -0.480 e. The minimum atomic E-state index is -1.11. The molecule has 1 aliphatic carbocycles. The zero-order valence-corrected chi connectivity index (χ0v) is 18.3. The molecule has 1 saturated heterocycles. The summed E-state index contributed by atoms with van der Waals surface area (Å²) in [6.45, 7) is 6.41. The number of pyridine rings is 1. The maximum Gasteiger partial charge on any atom is 0.326 e. The van der Waals surface area contributed by atoms with Gasteiger partial charge >= 0.3 is 5.97 Å². The summed E-state index contributed by atoms with van der Waals surface area (Å²) in [6.07, 6.45) is 7.83. The molecule has 0 radical (unpaired) electrons. The third kappa shape index (κ3) is 5.12. The smallest absolute Gasteiger partial charge is 0.326 e. The van der Waals surface area contributed by atoms with Gasteiger partial charge in [0.05, 0.1) is 12.6 Å². The highest BCUT2D eigenvalue weighted by atomic mass is 16.5. The summed E-state index contributed by atoms with van der Waals surface area (Å²) < 4.78 is 7.50. The number of amides is 1. The molecule has 1 aromatic heterocycles. The molecule has 0 aromatic carbocycles. The van der Waals surface area contributed by atoms with E-state index in [-0.39, 0.29) is 17.2 Å². The molecular formula is C23H34N2O5. The number of nitrogens with zero attached hydrogens (tertiary/aromatic N) is 1. The number of ether oxygens (including phenoxy) is 1. The van der Waals surface area contributed by atoms with Gasteiger partial charge < -0.3 is 19.7 Å². The molecule has 1 fully saturated rings. The van der Waals surface area contributed by atoms with Gasteiger partial charge in [-0.25, -0.2) is 4.79 Å². The molecule has 7 nitrogen and oxygen atoms in total. The Morgan fingerprint density at radius 1 is 1.20 bits per heavy atom. The van der Waals surface area contributed by atoms with E-state index in [4.69, 9.17) is 4.74 Å². The summed E-state index contributed by atoms with van der Waals surface area (Å²) in [7, 11) is 0. The number of rotatable bonds is 5. The van der Waals surface area contributed by atoms with Gasteiger partial charge in [-0.1, -0.05) is 33.6 Å². The van der Waals surface area contributed by atoms with Crippen LogP contribution in [0.2, 0.25) is 0 Å². The Kier molecular flexibility index (Phi) is 7.01. The molecule has 30 heavy (non-hydrogen) atoms. The van der Waals surface area contributed by atoms with Crippen molar-refractivity contribution in [2.45, 2.75) is 90.8 Å². The van der Waals surface area contributed by atoms with Crippen LogP contribution in [0.15, 0.2) is 10.9 Å². The first-order chi connectivity index (χ1) is 14.2. The van der Waals surface area contributed by atoms with Crippen LogP contribution in [0.5, 0.6) is 0 Å². The number of aryl methyl sites for hydroxylation is 1. The average Bonchev–Trinajstić information content (AvgIpc) is 3.14. The summed E-state index contributed by atoms with van der Waals surface area (Å²) in [6, 6.07) is 0.615. The zero-order valence-electron chi connectivity index (χ0n) is 18.3. The van der Waals surface area contributed by atoms with Gasteiger partial charge in [-0.05, 0) is 55.6 Å². The van der Waals surface area contributed by atoms with Gasteiger partial charge in [-0.3, -0.25) is 9.59 Å². The number of aromatic nitrogens is 1. The first kappa shape index (κ1) is 22.5. The van der Waals surface area contributed by atoms with Gasteiger partial charge in [0.15, 0.2) is 0 Å². The van der Waals surface area contributed by atoms with Crippen LogP contribution in [0.25, 0.3) is 0 Å². The molecule has 2 N–H and O–H groups in total. The van der Waals surface area contributed by atoms with Crippen molar-refractivity contribution in [2.24, 2.45) is 5.41 Å². The summed E-state index contributed by atoms with van der Waals surface area (Å²) in [4.78, 5) is 38.1. The van der Waals surface area contributed by atoms with Crippen LogP contribution in [-0.2, 0) is 28.9 Å². The third-order valence-electron chi connectivity index (χ3n) is 6.14. The molecule has 2 heterocycles. The molecule has 2 aliphatic rings. The number of hydrogen-bond acceptors (Lipinski definition) is 4. The van der Waals surface area contributed by atoms with E-state index in [1.54, 1.807) is 31.4 Å². The lowest BCUT2D eigenvalue weighted by atomic mass is 9.86. The highest BCUT2D eigenvalue weighted by Crippen LogP contribution is 2.23. The maximum atomic E-state index is 13.4. The third-order valence-corrected chi connectivity index (χ3v) is 6.14. The van der Waals surface area contributed by atoms with Crippen molar-refractivity contribution in [3.05, 3.63) is 33.2 Å². The standard InChI is InChI=1S/C23H34N2O5/c1-23(2,3)19(22(28)29)24-20(26)17-13-15-9-6-4-5-7-11-18(15)25(21(17)27)14-16-10-8-12-30-16/h13,16,19H,4-12,14H2,1-3H3,(H,24,26)(H,28,29). The van der Waals surface area contributed by atoms with Crippen molar-refractivity contribution in [3.63, 3.8) is 0 Å². The fourth-order valence-electron chi connectivity index (χ4n) is 4.44. The van der Waals surface area contributed by atoms with Crippen LogP contribution < -0.4 is 10.9 Å². The lowest BCUT2D eigenvalue weighted by Gasteiger charge is -2.28. The molecule has 1 aromatic rings. The molecule has 0 bridgehead atoms. The van der Waals surface area contributed by atoms with Crippen molar-refractivity contribution in [2.75, 3.05) is 6.61 Å². The second-order valence-electron chi connectivity index (χ2n) is 9.61. The van der Waals surface area contributed by atoms with Crippen LogP contribution in [-0.4, -0.2) is 40.3 Å². The van der Waals surface area contributed by atoms with Crippen molar-refractivity contribution in [1.82, 2.24) is 9.88 Å². The van der Waals surface area contributed by atoms with Gasteiger partial charge in [-0.15, -0.1) is 0 Å². The number of nitrogens with one attached hydrogen (secondary N) is 1. The quantitative estimate of drug-likeness (QED) is 0.766. The highest BCUT2D eigenvalue weighted by molar-refractivity contribution is 5.96. The Morgan fingerprint density at radius 2 is 1.90 bits per heavy atom. The fraction of sp³-hybridized carbons (Fsp3) is 0.696. The summed E-state index contributed by atoms with van der Waals surface area (Å²) in [5.41, 5.74) is 1.04. The molecule has 3 rings (SSSR count). The summed E-state index contributed by atoms with van der Waals surface area (Å²) in [5.74, 6) is -1.73. The molecular weight excluding hydrogens is 384 g/mol. The van der Waals surface area contributed by atoms with E-state index in [0.717, 1.165) is 62.6 Å². The van der Waals surface area contributed by atoms with Gasteiger partial charge in [0, 0.05) is 12.3 Å². The fourth-order valence-corrected chi connectivity index (χ4v) is 4.44. The first-order valence-corrected chi connectivity index (χ1v) is 11.1. The van der Waals surface area contributed by atoms with E-state index in [1.807, 2.05) is 0 Å². The number of carbonyl (C=O) groups is 2. The lowest BCUT2D eigenvalue weighted by Crippen LogP contribution is -2.50. The van der Waals surface area contributed by atoms with Crippen LogP contribution >= 0.6 is 0 Å². The molecule has 7 heteroatoms. The normalized spacial score (nSPS) is 20.7. The topological polar surface area (TPSA) is 97.6 Å². The van der Waals surface area contributed by atoms with E-state index in [9.17, 15) is 19.5 Å². The number of carbonyl (C=O) groups excluding carboxylic acids is 1. The minimum absolute atomic E-state index is 0.0168. The van der Waals surface area contributed by atoms with Crippen LogP contribution in [0.1, 0.15) is 80.9 Å². The zero-order chi connectivity index (χ0) is 21.9. The Labute approximate surface area is 177 Å². The second-order valence-corrected chi connectivity index (χ2v) is 9.61. The SMILES string of the molecule is CC(C)(C)C(NC(=O)c1cc2c(n(CC3CCCO3)c1=O)CCCCCC2)C(=O)O. The largest absolute Gasteiger partial charge is 0.480 e. The van der Waals surface area contributed by atoms with Gasteiger partial charge in [-0.2, -0.15) is 0 Å². The molecule has 0 saturated carbocycles.